The van der Waals surface area contributed by atoms with Crippen LogP contribution in [-0.4, -0.2) is 38.2 Å². The highest BCUT2D eigenvalue weighted by Gasteiger charge is 2.28. The smallest absolute Gasteiger partial charge is 0.250 e. The van der Waals surface area contributed by atoms with Gasteiger partial charge in [-0.1, -0.05) is 11.6 Å². The molecule has 0 spiro atoms. The van der Waals surface area contributed by atoms with Crippen LogP contribution in [0.2, 0.25) is 4.34 Å². The van der Waals surface area contributed by atoms with E-state index in [0.717, 1.165) is 16.2 Å². The standard InChI is InChI=1S/C10H11ClN2O4S2/c11-7-1-4-10(18-7)19(16,17)12-5-6-13-8(14)2-3-9(13)15/h1,4,12H,2-3,5-6H2. The van der Waals surface area contributed by atoms with Gasteiger partial charge in [-0.3, -0.25) is 14.5 Å². The molecule has 9 heteroatoms. The Bertz CT molecular complexity index is 595. The normalized spacial score (nSPS) is 16.4. The van der Waals surface area contributed by atoms with Crippen LogP contribution in [0.15, 0.2) is 16.3 Å². The Morgan fingerprint density at radius 2 is 1.89 bits per heavy atom. The topological polar surface area (TPSA) is 83.6 Å². The zero-order valence-electron chi connectivity index (χ0n) is 9.76. The molecule has 1 fully saturated rings. The fraction of sp³-hybridized carbons (Fsp3) is 0.400. The number of hydrogen-bond donors (Lipinski definition) is 1. The molecule has 2 heterocycles. The highest BCUT2D eigenvalue weighted by atomic mass is 35.5. The van der Waals surface area contributed by atoms with Crippen LogP contribution >= 0.6 is 22.9 Å². The van der Waals surface area contributed by atoms with E-state index in [1.54, 1.807) is 0 Å². The molecule has 1 N–H and O–H groups in total. The van der Waals surface area contributed by atoms with Crippen molar-refractivity contribution in [2.45, 2.75) is 17.1 Å². The first-order chi connectivity index (χ1) is 8.90. The van der Waals surface area contributed by atoms with E-state index < -0.39 is 10.0 Å². The minimum absolute atomic E-state index is 0.00463. The maximum absolute atomic E-state index is 11.8. The number of carbonyl (C=O) groups is 2. The average Bonchev–Trinajstić information content (AvgIpc) is 2.90. The fourth-order valence-electron chi connectivity index (χ4n) is 1.68. The number of nitrogens with one attached hydrogen (secondary N) is 1. The molecule has 1 aromatic rings. The second-order valence-electron chi connectivity index (χ2n) is 3.90. The summed E-state index contributed by atoms with van der Waals surface area (Å²) in [5.74, 6) is -0.522. The molecule has 0 unspecified atom stereocenters. The third kappa shape index (κ3) is 3.33. The molecule has 0 radical (unpaired) electrons. The van der Waals surface area contributed by atoms with Gasteiger partial charge in [0, 0.05) is 25.9 Å². The molecular formula is C10H11ClN2O4S2. The maximum Gasteiger partial charge on any atom is 0.250 e. The highest BCUT2D eigenvalue weighted by molar-refractivity contribution is 7.91. The van der Waals surface area contributed by atoms with Crippen LogP contribution in [0.3, 0.4) is 0 Å². The molecule has 1 aliphatic heterocycles. The first-order valence-electron chi connectivity index (χ1n) is 5.48. The van der Waals surface area contributed by atoms with Gasteiger partial charge in [-0.05, 0) is 12.1 Å². The molecule has 0 aromatic carbocycles. The Morgan fingerprint density at radius 3 is 2.42 bits per heavy atom. The number of imide groups is 1. The lowest BCUT2D eigenvalue weighted by molar-refractivity contribution is -0.138. The van der Waals surface area contributed by atoms with Gasteiger partial charge >= 0.3 is 0 Å². The highest BCUT2D eigenvalue weighted by Crippen LogP contribution is 2.25. The Kier molecular flexibility index (Phi) is 4.24. The van der Waals surface area contributed by atoms with Crippen LogP contribution in [0, 0.1) is 0 Å². The minimum Gasteiger partial charge on any atom is -0.281 e. The molecule has 1 aromatic heterocycles. The number of thiophene rings is 1. The molecule has 6 nitrogen and oxygen atoms in total. The lowest BCUT2D eigenvalue weighted by Crippen LogP contribution is -2.37. The lowest BCUT2D eigenvalue weighted by Gasteiger charge is -2.13. The number of carbonyl (C=O) groups excluding carboxylic acids is 2. The van der Waals surface area contributed by atoms with Gasteiger partial charge in [0.15, 0.2) is 0 Å². The van der Waals surface area contributed by atoms with Gasteiger partial charge in [-0.2, -0.15) is 0 Å². The first-order valence-corrected chi connectivity index (χ1v) is 8.16. The number of rotatable bonds is 5. The van der Waals surface area contributed by atoms with Crippen molar-refractivity contribution in [3.8, 4) is 0 Å². The molecule has 0 saturated carbocycles. The van der Waals surface area contributed by atoms with Crippen LogP contribution in [0.4, 0.5) is 0 Å². The zero-order valence-corrected chi connectivity index (χ0v) is 12.1. The number of amides is 2. The van der Waals surface area contributed by atoms with Crippen LogP contribution in [-0.2, 0) is 19.6 Å². The summed E-state index contributed by atoms with van der Waals surface area (Å²) in [5, 5.41) is 0. The molecule has 1 saturated heterocycles. The molecule has 0 atom stereocenters. The third-order valence-corrected chi connectivity index (χ3v) is 5.78. The van der Waals surface area contributed by atoms with Crippen LogP contribution < -0.4 is 4.72 Å². The summed E-state index contributed by atoms with van der Waals surface area (Å²) >= 11 is 6.62. The second-order valence-corrected chi connectivity index (χ2v) is 7.60. The predicted octanol–water partition coefficient (Wildman–Crippen LogP) is 0.829. The summed E-state index contributed by atoms with van der Waals surface area (Å²) in [7, 11) is -3.63. The molecule has 0 bridgehead atoms. The van der Waals surface area contributed by atoms with E-state index >= 15 is 0 Å². The van der Waals surface area contributed by atoms with Gasteiger partial charge < -0.3 is 0 Å². The largest absolute Gasteiger partial charge is 0.281 e. The van der Waals surface area contributed by atoms with Crippen molar-refractivity contribution in [1.82, 2.24) is 9.62 Å². The van der Waals surface area contributed by atoms with Crippen molar-refractivity contribution in [1.29, 1.82) is 0 Å². The molecular weight excluding hydrogens is 312 g/mol. The molecule has 1 aliphatic rings. The van der Waals surface area contributed by atoms with E-state index in [2.05, 4.69) is 4.72 Å². The molecule has 2 amide bonds. The summed E-state index contributed by atoms with van der Waals surface area (Å²) in [6.45, 7) is 0.0470. The molecule has 2 rings (SSSR count). The summed E-state index contributed by atoms with van der Waals surface area (Å²) in [4.78, 5) is 23.7. The molecule has 0 aliphatic carbocycles. The van der Waals surface area contributed by atoms with Crippen molar-refractivity contribution in [3.05, 3.63) is 16.5 Å². The quantitative estimate of drug-likeness (QED) is 0.814. The van der Waals surface area contributed by atoms with E-state index in [9.17, 15) is 18.0 Å². The maximum atomic E-state index is 11.8. The summed E-state index contributed by atoms with van der Waals surface area (Å²) < 4.78 is 26.5. The van der Waals surface area contributed by atoms with Gasteiger partial charge in [-0.15, -0.1) is 11.3 Å². The number of hydrogen-bond acceptors (Lipinski definition) is 5. The predicted molar refractivity (Wildman–Crippen MR) is 70.5 cm³/mol. The van der Waals surface area contributed by atoms with E-state index in [1.807, 2.05) is 0 Å². The summed E-state index contributed by atoms with van der Waals surface area (Å²) in [5.41, 5.74) is 0. The van der Waals surface area contributed by atoms with E-state index in [1.165, 1.54) is 12.1 Å². The summed E-state index contributed by atoms with van der Waals surface area (Å²) in [6, 6.07) is 2.90. The SMILES string of the molecule is O=C1CCC(=O)N1CCNS(=O)(=O)c1ccc(Cl)s1. The van der Waals surface area contributed by atoms with E-state index in [0.29, 0.717) is 4.34 Å². The minimum atomic E-state index is -3.63. The van der Waals surface area contributed by atoms with Crippen molar-refractivity contribution in [2.24, 2.45) is 0 Å². The fourth-order valence-corrected chi connectivity index (χ4v) is 4.23. The Hall–Kier alpha value is -0.960. The van der Waals surface area contributed by atoms with Gasteiger partial charge in [0.1, 0.15) is 4.21 Å². The monoisotopic (exact) mass is 322 g/mol. The van der Waals surface area contributed by atoms with Crippen molar-refractivity contribution >= 4 is 44.8 Å². The van der Waals surface area contributed by atoms with Crippen LogP contribution in [0.25, 0.3) is 0 Å². The van der Waals surface area contributed by atoms with Crippen molar-refractivity contribution in [2.75, 3.05) is 13.1 Å². The number of halogens is 1. The van der Waals surface area contributed by atoms with E-state index in [-0.39, 0.29) is 42.0 Å². The van der Waals surface area contributed by atoms with Gasteiger partial charge in [0.2, 0.25) is 21.8 Å². The number of nitrogens with zero attached hydrogens (tertiary/aromatic N) is 1. The first kappa shape index (κ1) is 14.4. The third-order valence-electron chi connectivity index (χ3n) is 2.60. The summed E-state index contributed by atoms with van der Waals surface area (Å²) in [6.07, 6.45) is 0.401. The number of likely N-dealkylation sites (tertiary alicyclic amines) is 1. The molecule has 104 valence electrons. The Labute approximate surface area is 119 Å². The van der Waals surface area contributed by atoms with Crippen molar-refractivity contribution in [3.63, 3.8) is 0 Å². The van der Waals surface area contributed by atoms with Crippen LogP contribution in [0.5, 0.6) is 0 Å². The Morgan fingerprint density at radius 1 is 1.26 bits per heavy atom. The number of sulfonamides is 1. The van der Waals surface area contributed by atoms with Crippen molar-refractivity contribution < 1.29 is 18.0 Å². The van der Waals surface area contributed by atoms with Gasteiger partial charge in [-0.25, -0.2) is 13.1 Å². The van der Waals surface area contributed by atoms with Gasteiger partial charge in [0.25, 0.3) is 0 Å². The molecule has 19 heavy (non-hydrogen) atoms. The lowest BCUT2D eigenvalue weighted by atomic mass is 10.4. The van der Waals surface area contributed by atoms with E-state index in [4.69, 9.17) is 11.6 Å². The Balaban J connectivity index is 1.92. The second kappa shape index (κ2) is 5.58. The van der Waals surface area contributed by atoms with Crippen LogP contribution in [0.1, 0.15) is 12.8 Å². The average molecular weight is 323 g/mol. The zero-order chi connectivity index (χ0) is 14.0. The van der Waals surface area contributed by atoms with Gasteiger partial charge in [0.05, 0.1) is 4.34 Å².